The van der Waals surface area contributed by atoms with Crippen molar-refractivity contribution in [3.05, 3.63) is 23.9 Å². The second kappa shape index (κ2) is 6.80. The first-order valence-corrected chi connectivity index (χ1v) is 7.86. The van der Waals surface area contributed by atoms with Gasteiger partial charge in [-0.15, -0.1) is 0 Å². The topological polar surface area (TPSA) is 54.0 Å². The Balaban J connectivity index is 1.89. The van der Waals surface area contributed by atoms with E-state index in [1.165, 1.54) is 12.8 Å². The molecule has 1 aliphatic carbocycles. The van der Waals surface area contributed by atoms with Gasteiger partial charge in [0, 0.05) is 17.5 Å². The van der Waals surface area contributed by atoms with E-state index in [-0.39, 0.29) is 12.1 Å². The van der Waals surface area contributed by atoms with Crippen molar-refractivity contribution in [3.8, 4) is 0 Å². The van der Waals surface area contributed by atoms with Crippen molar-refractivity contribution in [2.24, 2.45) is 0 Å². The maximum absolute atomic E-state index is 12.0. The summed E-state index contributed by atoms with van der Waals surface area (Å²) in [6.45, 7) is 4.10. The Morgan fingerprint density at radius 1 is 1.53 bits per heavy atom. The van der Waals surface area contributed by atoms with Crippen molar-refractivity contribution in [2.45, 2.75) is 44.4 Å². The van der Waals surface area contributed by atoms with Crippen LogP contribution in [0.1, 0.15) is 31.7 Å². The van der Waals surface area contributed by atoms with Crippen molar-refractivity contribution in [1.82, 2.24) is 10.3 Å². The third kappa shape index (κ3) is 3.86. The minimum Gasteiger partial charge on any atom is -0.334 e. The Labute approximate surface area is 118 Å². The van der Waals surface area contributed by atoms with Gasteiger partial charge in [0.2, 0.25) is 0 Å². The van der Waals surface area contributed by atoms with E-state index in [9.17, 15) is 4.79 Å². The van der Waals surface area contributed by atoms with Gasteiger partial charge in [-0.3, -0.25) is 5.32 Å². The highest BCUT2D eigenvalue weighted by Gasteiger charge is 2.28. The number of carbonyl (C=O) groups excluding carboxylic acids is 1. The van der Waals surface area contributed by atoms with Crippen LogP contribution in [0.5, 0.6) is 0 Å². The van der Waals surface area contributed by atoms with Gasteiger partial charge in [-0.05, 0) is 37.1 Å². The number of aryl methyl sites for hydroxylation is 1. The summed E-state index contributed by atoms with van der Waals surface area (Å²) < 4.78 is 0. The first kappa shape index (κ1) is 14.2. The van der Waals surface area contributed by atoms with Gasteiger partial charge in [0.05, 0.1) is 0 Å². The molecule has 0 saturated heterocycles. The molecule has 2 rings (SSSR count). The van der Waals surface area contributed by atoms with Gasteiger partial charge in [0.1, 0.15) is 5.82 Å². The zero-order valence-electron chi connectivity index (χ0n) is 11.5. The van der Waals surface area contributed by atoms with Gasteiger partial charge in [0.15, 0.2) is 0 Å². The second-order valence-electron chi connectivity index (χ2n) is 4.80. The third-order valence-electron chi connectivity index (χ3n) is 3.39. The molecular formula is C14H21N3OS. The summed E-state index contributed by atoms with van der Waals surface area (Å²) in [6.07, 6.45) is 5.16. The van der Waals surface area contributed by atoms with Gasteiger partial charge in [-0.1, -0.05) is 19.4 Å². The number of rotatable bonds is 4. The van der Waals surface area contributed by atoms with Crippen molar-refractivity contribution in [3.63, 3.8) is 0 Å². The molecule has 104 valence electrons. The Morgan fingerprint density at radius 3 is 3.11 bits per heavy atom. The van der Waals surface area contributed by atoms with Gasteiger partial charge in [-0.25, -0.2) is 9.78 Å². The lowest BCUT2D eigenvalue weighted by atomic mass is 10.2. The lowest BCUT2D eigenvalue weighted by Gasteiger charge is -2.20. The summed E-state index contributed by atoms with van der Waals surface area (Å²) >= 11 is 1.94. The second-order valence-corrected chi connectivity index (χ2v) is 6.31. The first-order chi connectivity index (χ1) is 9.20. The van der Waals surface area contributed by atoms with Crippen LogP contribution in [0, 0.1) is 6.92 Å². The van der Waals surface area contributed by atoms with Crippen LogP contribution >= 0.6 is 11.8 Å². The van der Waals surface area contributed by atoms with E-state index in [0.717, 1.165) is 17.7 Å². The minimum absolute atomic E-state index is 0.143. The average molecular weight is 279 g/mol. The van der Waals surface area contributed by atoms with Gasteiger partial charge in [-0.2, -0.15) is 11.8 Å². The average Bonchev–Trinajstić information content (AvgIpc) is 2.80. The molecular weight excluding hydrogens is 258 g/mol. The lowest BCUT2D eigenvalue weighted by Crippen LogP contribution is -2.41. The molecule has 4 nitrogen and oxygen atoms in total. The molecule has 5 heteroatoms. The quantitative estimate of drug-likeness (QED) is 0.890. The van der Waals surface area contributed by atoms with Crippen molar-refractivity contribution >= 4 is 23.6 Å². The smallest absolute Gasteiger partial charge is 0.320 e. The Morgan fingerprint density at radius 2 is 2.37 bits per heavy atom. The van der Waals surface area contributed by atoms with Crippen LogP contribution in [0.3, 0.4) is 0 Å². The third-order valence-corrected chi connectivity index (χ3v) is 4.72. The predicted molar refractivity (Wildman–Crippen MR) is 80.7 cm³/mol. The molecule has 1 aromatic heterocycles. The van der Waals surface area contributed by atoms with Gasteiger partial charge < -0.3 is 5.32 Å². The maximum Gasteiger partial charge on any atom is 0.320 e. The number of pyridine rings is 1. The van der Waals surface area contributed by atoms with Crippen LogP contribution in [-0.2, 0) is 0 Å². The molecule has 1 aliphatic rings. The first-order valence-electron chi connectivity index (χ1n) is 6.81. The summed E-state index contributed by atoms with van der Waals surface area (Å²) in [5, 5.41) is 6.46. The Kier molecular flexibility index (Phi) is 5.07. The summed E-state index contributed by atoms with van der Waals surface area (Å²) in [4.78, 5) is 16.2. The van der Waals surface area contributed by atoms with E-state index in [2.05, 4.69) is 22.5 Å². The molecule has 0 radical (unpaired) electrons. The SMILES string of the molecule is CCS[C@@H]1CCC[C@H]1NC(=O)Nc1ncccc1C. The molecule has 0 unspecified atom stereocenters. The highest BCUT2D eigenvalue weighted by molar-refractivity contribution is 7.99. The normalized spacial score (nSPS) is 22.2. The number of anilines is 1. The van der Waals surface area contributed by atoms with E-state index in [1.54, 1.807) is 6.20 Å². The minimum atomic E-state index is -0.143. The van der Waals surface area contributed by atoms with Crippen molar-refractivity contribution in [1.29, 1.82) is 0 Å². The number of hydrogen-bond donors (Lipinski definition) is 2. The molecule has 19 heavy (non-hydrogen) atoms. The fourth-order valence-electron chi connectivity index (χ4n) is 2.43. The predicted octanol–water partition coefficient (Wildman–Crippen LogP) is 3.19. The number of hydrogen-bond acceptors (Lipinski definition) is 3. The molecule has 0 aromatic carbocycles. The number of amides is 2. The zero-order valence-corrected chi connectivity index (χ0v) is 12.3. The summed E-state index contributed by atoms with van der Waals surface area (Å²) in [5.74, 6) is 1.74. The number of thioether (sulfide) groups is 1. The number of urea groups is 1. The molecule has 1 heterocycles. The Bertz CT molecular complexity index is 438. The lowest BCUT2D eigenvalue weighted by molar-refractivity contribution is 0.248. The summed E-state index contributed by atoms with van der Waals surface area (Å²) in [6, 6.07) is 3.95. The highest BCUT2D eigenvalue weighted by Crippen LogP contribution is 2.29. The van der Waals surface area contributed by atoms with Crippen LogP contribution in [0.25, 0.3) is 0 Å². The molecule has 1 fully saturated rings. The molecule has 1 aromatic rings. The van der Waals surface area contributed by atoms with Gasteiger partial charge in [0.25, 0.3) is 0 Å². The van der Waals surface area contributed by atoms with E-state index in [1.807, 2.05) is 30.8 Å². The number of aromatic nitrogens is 1. The van der Waals surface area contributed by atoms with Crippen LogP contribution in [0.15, 0.2) is 18.3 Å². The summed E-state index contributed by atoms with van der Waals surface area (Å²) in [5.41, 5.74) is 0.976. The standard InChI is InChI=1S/C14H21N3OS/c1-3-19-12-8-4-7-11(12)16-14(18)17-13-10(2)6-5-9-15-13/h5-6,9,11-12H,3-4,7-8H2,1-2H3,(H2,15,16,17,18)/t11-,12-/m1/s1. The van der Waals surface area contributed by atoms with E-state index >= 15 is 0 Å². The molecule has 1 saturated carbocycles. The van der Waals surface area contributed by atoms with Crippen LogP contribution in [0.4, 0.5) is 10.6 Å². The van der Waals surface area contributed by atoms with Crippen LogP contribution in [0.2, 0.25) is 0 Å². The van der Waals surface area contributed by atoms with Crippen LogP contribution < -0.4 is 10.6 Å². The van der Waals surface area contributed by atoms with E-state index < -0.39 is 0 Å². The van der Waals surface area contributed by atoms with E-state index in [4.69, 9.17) is 0 Å². The molecule has 2 N–H and O–H groups in total. The monoisotopic (exact) mass is 279 g/mol. The molecule has 2 atom stereocenters. The molecule has 0 spiro atoms. The molecule has 0 aliphatic heterocycles. The number of nitrogens with zero attached hydrogens (tertiary/aromatic N) is 1. The highest BCUT2D eigenvalue weighted by atomic mass is 32.2. The summed E-state index contributed by atoms with van der Waals surface area (Å²) in [7, 11) is 0. The van der Waals surface area contributed by atoms with Crippen molar-refractivity contribution in [2.75, 3.05) is 11.1 Å². The van der Waals surface area contributed by atoms with Gasteiger partial charge >= 0.3 is 6.03 Å². The van der Waals surface area contributed by atoms with Crippen molar-refractivity contribution < 1.29 is 4.79 Å². The van der Waals surface area contributed by atoms with E-state index in [0.29, 0.717) is 11.1 Å². The zero-order chi connectivity index (χ0) is 13.7. The number of nitrogens with one attached hydrogen (secondary N) is 2. The fraction of sp³-hybridized carbons (Fsp3) is 0.571. The fourth-order valence-corrected chi connectivity index (χ4v) is 3.63. The molecule has 0 bridgehead atoms. The maximum atomic E-state index is 12.0. The Hall–Kier alpha value is -1.23. The number of carbonyl (C=O) groups is 1. The van der Waals surface area contributed by atoms with Crippen LogP contribution in [-0.4, -0.2) is 28.1 Å². The molecule has 2 amide bonds. The largest absolute Gasteiger partial charge is 0.334 e.